The van der Waals surface area contributed by atoms with Gasteiger partial charge in [0.1, 0.15) is 0 Å². The fourth-order valence-electron chi connectivity index (χ4n) is 4.73. The van der Waals surface area contributed by atoms with Gasteiger partial charge in [-0.15, -0.1) is 0 Å². The summed E-state index contributed by atoms with van der Waals surface area (Å²) < 4.78 is 67.8. The largest absolute Gasteiger partial charge is 0.457 e. The van der Waals surface area contributed by atoms with E-state index in [-0.39, 0.29) is 5.92 Å². The molecule has 2 aliphatic rings. The summed E-state index contributed by atoms with van der Waals surface area (Å²) in [5.74, 6) is 0.939. The lowest BCUT2D eigenvalue weighted by Crippen LogP contribution is -2.30. The van der Waals surface area contributed by atoms with Crippen molar-refractivity contribution >= 4 is 0 Å². The first-order chi connectivity index (χ1) is 12.7. The second-order valence-corrected chi connectivity index (χ2v) is 8.30. The second-order valence-electron chi connectivity index (χ2n) is 8.30. The molecule has 1 atom stereocenters. The Kier molecular flexibility index (Phi) is 6.32. The van der Waals surface area contributed by atoms with Crippen LogP contribution in [-0.2, 0) is 0 Å². The molecule has 0 radical (unpaired) electrons. The zero-order chi connectivity index (χ0) is 19.6. The van der Waals surface area contributed by atoms with Crippen molar-refractivity contribution in [3.05, 3.63) is 29.6 Å². The van der Waals surface area contributed by atoms with E-state index in [0.717, 1.165) is 55.1 Å². The van der Waals surface area contributed by atoms with Gasteiger partial charge in [0.05, 0.1) is 0 Å². The number of hydrogen-bond acceptors (Lipinski definition) is 1. The molecule has 3 rings (SSSR count). The van der Waals surface area contributed by atoms with Crippen LogP contribution in [0.2, 0.25) is 0 Å². The minimum Gasteiger partial charge on any atom is -0.449 e. The Morgan fingerprint density at radius 3 is 2.00 bits per heavy atom. The van der Waals surface area contributed by atoms with Gasteiger partial charge in [-0.2, -0.15) is 17.6 Å². The van der Waals surface area contributed by atoms with Crippen LogP contribution < -0.4 is 4.74 Å². The van der Waals surface area contributed by atoms with Gasteiger partial charge in [0.15, 0.2) is 11.6 Å². The van der Waals surface area contributed by atoms with Crippen LogP contribution in [0.25, 0.3) is 0 Å². The van der Waals surface area contributed by atoms with Crippen LogP contribution in [0.4, 0.5) is 22.0 Å². The number of hydrogen-bond donors (Lipinski definition) is 0. The van der Waals surface area contributed by atoms with Crippen molar-refractivity contribution in [2.24, 2.45) is 17.8 Å². The molecule has 6 heteroatoms. The van der Waals surface area contributed by atoms with E-state index in [2.05, 4.69) is 11.7 Å². The van der Waals surface area contributed by atoms with E-state index >= 15 is 0 Å². The predicted octanol–water partition coefficient (Wildman–Crippen LogP) is 7.16. The lowest BCUT2D eigenvalue weighted by atomic mass is 9.68. The number of benzene rings is 1. The molecule has 1 nitrogen and oxygen atoms in total. The maximum Gasteiger partial charge on any atom is 0.457 e. The van der Waals surface area contributed by atoms with Crippen molar-refractivity contribution in [3.63, 3.8) is 0 Å². The summed E-state index contributed by atoms with van der Waals surface area (Å²) in [6.07, 6.45) is 0.702. The van der Waals surface area contributed by atoms with Crippen LogP contribution in [0.1, 0.15) is 69.8 Å². The summed E-state index contributed by atoms with van der Waals surface area (Å²) in [5.41, 5.74) is 0.762. The Morgan fingerprint density at radius 1 is 0.926 bits per heavy atom. The molecule has 0 spiro atoms. The zero-order valence-electron chi connectivity index (χ0n) is 15.6. The molecular weight excluding hydrogens is 363 g/mol. The number of alkyl halides is 4. The van der Waals surface area contributed by atoms with Crippen molar-refractivity contribution < 1.29 is 26.7 Å². The van der Waals surface area contributed by atoms with Gasteiger partial charge >= 0.3 is 12.5 Å². The van der Waals surface area contributed by atoms with Crippen molar-refractivity contribution in [1.82, 2.24) is 0 Å². The number of ether oxygens (including phenoxy) is 1. The lowest BCUT2D eigenvalue weighted by molar-refractivity contribution is -0.237. The molecule has 0 N–H and O–H groups in total. The maximum atomic E-state index is 14.1. The molecule has 0 heterocycles. The quantitative estimate of drug-likeness (QED) is 0.496. The highest BCUT2D eigenvalue weighted by Gasteiger charge is 2.43. The van der Waals surface area contributed by atoms with E-state index < -0.39 is 24.1 Å². The third-order valence-corrected chi connectivity index (χ3v) is 6.41. The summed E-state index contributed by atoms with van der Waals surface area (Å²) in [7, 11) is 0. The third-order valence-electron chi connectivity index (χ3n) is 6.41. The summed E-state index contributed by atoms with van der Waals surface area (Å²) >= 11 is 0. The number of rotatable bonds is 4. The zero-order valence-corrected chi connectivity index (χ0v) is 15.6. The van der Waals surface area contributed by atoms with Gasteiger partial charge in [-0.25, -0.2) is 4.39 Å². The van der Waals surface area contributed by atoms with Gasteiger partial charge in [0.25, 0.3) is 0 Å². The summed E-state index contributed by atoms with van der Waals surface area (Å²) in [6, 6.07) is 3.87. The molecule has 1 unspecified atom stereocenters. The molecule has 0 bridgehead atoms. The van der Waals surface area contributed by atoms with Gasteiger partial charge < -0.3 is 4.74 Å². The van der Waals surface area contributed by atoms with E-state index in [9.17, 15) is 22.0 Å². The van der Waals surface area contributed by atoms with Crippen LogP contribution in [0.15, 0.2) is 18.2 Å². The Labute approximate surface area is 157 Å². The summed E-state index contributed by atoms with van der Waals surface area (Å²) in [4.78, 5) is 0. The molecule has 2 fully saturated rings. The molecular formula is C21H27F5O. The first kappa shape index (κ1) is 20.4. The van der Waals surface area contributed by atoms with Crippen LogP contribution in [0.5, 0.6) is 5.75 Å². The van der Waals surface area contributed by atoms with Gasteiger partial charge in [-0.05, 0) is 79.9 Å². The summed E-state index contributed by atoms with van der Waals surface area (Å²) in [5, 5.41) is 0. The van der Waals surface area contributed by atoms with Crippen LogP contribution >= 0.6 is 0 Å². The van der Waals surface area contributed by atoms with Gasteiger partial charge in [0, 0.05) is 0 Å². The molecule has 27 heavy (non-hydrogen) atoms. The maximum absolute atomic E-state index is 14.1. The molecule has 0 aliphatic heterocycles. The molecule has 0 saturated heterocycles. The monoisotopic (exact) mass is 390 g/mol. The van der Waals surface area contributed by atoms with E-state index in [1.54, 1.807) is 6.07 Å². The van der Waals surface area contributed by atoms with Crippen LogP contribution in [-0.4, -0.2) is 12.5 Å². The average molecular weight is 390 g/mol. The van der Waals surface area contributed by atoms with Crippen molar-refractivity contribution in [2.75, 3.05) is 0 Å². The first-order valence-corrected chi connectivity index (χ1v) is 9.91. The van der Waals surface area contributed by atoms with Crippen molar-refractivity contribution in [1.29, 1.82) is 0 Å². The molecule has 152 valence electrons. The third kappa shape index (κ3) is 5.14. The number of halogens is 5. The lowest BCUT2D eigenvalue weighted by Gasteiger charge is -2.37. The van der Waals surface area contributed by atoms with Gasteiger partial charge in [0.2, 0.25) is 0 Å². The molecule has 0 amide bonds. The fraction of sp³-hybridized carbons (Fsp3) is 0.714. The highest BCUT2D eigenvalue weighted by atomic mass is 19.4. The average Bonchev–Trinajstić information content (AvgIpc) is 2.63. The summed E-state index contributed by atoms with van der Waals surface area (Å²) in [6.45, 7) is 2.31. The van der Waals surface area contributed by atoms with Crippen LogP contribution in [0.3, 0.4) is 0 Å². The highest BCUT2D eigenvalue weighted by Crippen LogP contribution is 2.44. The molecule has 1 aromatic rings. The standard InChI is InChI=1S/C21H27F5O/c1-13-2-4-14(5-3-13)15-6-8-16(9-7-15)17-10-11-19(18(22)12-17)27-20(23)21(24,25)26/h10-16,20H,2-9H2,1H3. The predicted molar refractivity (Wildman–Crippen MR) is 93.8 cm³/mol. The SMILES string of the molecule is CC1CCC(C2CCC(c3ccc(OC(F)C(F)(F)F)c(F)c3)CC2)CC1. The minimum atomic E-state index is -5.17. The Morgan fingerprint density at radius 2 is 1.48 bits per heavy atom. The van der Waals surface area contributed by atoms with Crippen LogP contribution in [0, 0.1) is 23.6 Å². The minimum absolute atomic E-state index is 0.205. The Bertz CT molecular complexity index is 613. The molecule has 2 saturated carbocycles. The van der Waals surface area contributed by atoms with E-state index in [4.69, 9.17) is 0 Å². The molecule has 0 aromatic heterocycles. The van der Waals surface area contributed by atoms with E-state index in [1.165, 1.54) is 31.7 Å². The first-order valence-electron chi connectivity index (χ1n) is 9.91. The smallest absolute Gasteiger partial charge is 0.449 e. The van der Waals surface area contributed by atoms with Crippen molar-refractivity contribution in [2.45, 2.75) is 76.7 Å². The fourth-order valence-corrected chi connectivity index (χ4v) is 4.73. The topological polar surface area (TPSA) is 9.23 Å². The molecule has 1 aromatic carbocycles. The Balaban J connectivity index is 1.56. The van der Waals surface area contributed by atoms with E-state index in [1.807, 2.05) is 0 Å². The van der Waals surface area contributed by atoms with Gasteiger partial charge in [-0.3, -0.25) is 0 Å². The van der Waals surface area contributed by atoms with Crippen molar-refractivity contribution in [3.8, 4) is 5.75 Å². The molecule has 2 aliphatic carbocycles. The normalized spacial score (nSPS) is 30.7. The highest BCUT2D eigenvalue weighted by molar-refractivity contribution is 5.31. The van der Waals surface area contributed by atoms with Gasteiger partial charge in [-0.1, -0.05) is 25.8 Å². The second kappa shape index (κ2) is 8.36. The van der Waals surface area contributed by atoms with E-state index in [0.29, 0.717) is 0 Å². The Hall–Kier alpha value is -1.33.